The zero-order valence-electron chi connectivity index (χ0n) is 9.88. The quantitative estimate of drug-likeness (QED) is 0.931. The standard InChI is InChI=1S/C13H14BrFN2O/c14-12-10(6-16)3-4-11(13(12)15)17-7-9-2-1-5-18-8-9/h3-4,9,17H,1-2,5,7-8H2. The van der Waals surface area contributed by atoms with Crippen molar-refractivity contribution in [2.45, 2.75) is 12.8 Å². The number of anilines is 1. The topological polar surface area (TPSA) is 45.0 Å². The van der Waals surface area contributed by atoms with Crippen LogP contribution in [0.25, 0.3) is 0 Å². The van der Waals surface area contributed by atoms with Crippen LogP contribution < -0.4 is 5.32 Å². The second-order valence-corrected chi connectivity index (χ2v) is 5.16. The fraction of sp³-hybridized carbons (Fsp3) is 0.462. The Morgan fingerprint density at radius 2 is 2.39 bits per heavy atom. The number of nitrogens with zero attached hydrogens (tertiary/aromatic N) is 1. The number of nitriles is 1. The molecule has 1 saturated heterocycles. The third-order valence-electron chi connectivity index (χ3n) is 3.04. The Balaban J connectivity index is 2.01. The third-order valence-corrected chi connectivity index (χ3v) is 3.81. The van der Waals surface area contributed by atoms with E-state index in [4.69, 9.17) is 10.00 Å². The van der Waals surface area contributed by atoms with Crippen LogP contribution in [0.2, 0.25) is 0 Å². The van der Waals surface area contributed by atoms with Gasteiger partial charge in [0.2, 0.25) is 0 Å². The second-order valence-electron chi connectivity index (χ2n) is 4.36. The molecule has 0 saturated carbocycles. The van der Waals surface area contributed by atoms with Gasteiger partial charge in [-0.1, -0.05) is 0 Å². The molecule has 1 aliphatic rings. The normalized spacial score (nSPS) is 19.3. The molecule has 2 rings (SSSR count). The molecular weight excluding hydrogens is 299 g/mol. The van der Waals surface area contributed by atoms with Crippen LogP contribution in [0.5, 0.6) is 0 Å². The minimum Gasteiger partial charge on any atom is -0.382 e. The lowest BCUT2D eigenvalue weighted by molar-refractivity contribution is 0.0595. The lowest BCUT2D eigenvalue weighted by Gasteiger charge is -2.22. The van der Waals surface area contributed by atoms with Crippen LogP contribution in [0.4, 0.5) is 10.1 Å². The average Bonchev–Trinajstić information content (AvgIpc) is 2.42. The summed E-state index contributed by atoms with van der Waals surface area (Å²) in [4.78, 5) is 0. The molecular formula is C13H14BrFN2O. The van der Waals surface area contributed by atoms with Crippen LogP contribution >= 0.6 is 15.9 Å². The predicted octanol–water partition coefficient (Wildman–Crippen LogP) is 3.30. The summed E-state index contributed by atoms with van der Waals surface area (Å²) < 4.78 is 19.5. The van der Waals surface area contributed by atoms with Gasteiger partial charge in [-0.25, -0.2) is 4.39 Å². The first-order valence-electron chi connectivity index (χ1n) is 5.92. The van der Waals surface area contributed by atoms with Gasteiger partial charge in [-0.3, -0.25) is 0 Å². The first-order chi connectivity index (χ1) is 8.72. The number of benzene rings is 1. The highest BCUT2D eigenvalue weighted by molar-refractivity contribution is 9.10. The van der Waals surface area contributed by atoms with E-state index in [9.17, 15) is 4.39 Å². The molecule has 1 aromatic carbocycles. The summed E-state index contributed by atoms with van der Waals surface area (Å²) >= 11 is 3.10. The van der Waals surface area contributed by atoms with E-state index in [2.05, 4.69) is 21.2 Å². The van der Waals surface area contributed by atoms with Crippen molar-refractivity contribution in [3.05, 3.63) is 28.0 Å². The Kier molecular flexibility index (Phi) is 4.56. The molecule has 1 fully saturated rings. The number of hydrogen-bond acceptors (Lipinski definition) is 3. The first kappa shape index (κ1) is 13.3. The summed E-state index contributed by atoms with van der Waals surface area (Å²) in [5.41, 5.74) is 0.727. The molecule has 0 radical (unpaired) electrons. The summed E-state index contributed by atoms with van der Waals surface area (Å²) in [6, 6.07) is 5.14. The maximum absolute atomic E-state index is 13.9. The van der Waals surface area contributed by atoms with Crippen LogP contribution in [0.3, 0.4) is 0 Å². The van der Waals surface area contributed by atoms with Gasteiger partial charge in [0, 0.05) is 13.2 Å². The Morgan fingerprint density at radius 3 is 3.06 bits per heavy atom. The molecule has 0 aliphatic carbocycles. The number of halogens is 2. The van der Waals surface area contributed by atoms with Gasteiger partial charge < -0.3 is 10.1 Å². The van der Waals surface area contributed by atoms with Crippen molar-refractivity contribution in [1.82, 2.24) is 0 Å². The van der Waals surface area contributed by atoms with Crippen LogP contribution in [0.1, 0.15) is 18.4 Å². The van der Waals surface area contributed by atoms with Crippen molar-refractivity contribution in [1.29, 1.82) is 5.26 Å². The van der Waals surface area contributed by atoms with Crippen LogP contribution in [-0.2, 0) is 4.74 Å². The lowest BCUT2D eigenvalue weighted by atomic mass is 10.0. The number of hydrogen-bond donors (Lipinski definition) is 1. The van der Waals surface area contributed by atoms with Crippen molar-refractivity contribution >= 4 is 21.6 Å². The Labute approximate surface area is 114 Å². The molecule has 0 spiro atoms. The Hall–Kier alpha value is -1.12. The predicted molar refractivity (Wildman–Crippen MR) is 70.8 cm³/mol. The fourth-order valence-corrected chi connectivity index (χ4v) is 2.43. The van der Waals surface area contributed by atoms with E-state index < -0.39 is 5.82 Å². The maximum atomic E-state index is 13.9. The molecule has 1 aromatic rings. The number of nitrogens with one attached hydrogen (secondary N) is 1. The number of rotatable bonds is 3. The molecule has 0 aromatic heterocycles. The SMILES string of the molecule is N#Cc1ccc(NCC2CCCOC2)c(F)c1Br. The van der Waals surface area contributed by atoms with Gasteiger partial charge in [0.25, 0.3) is 0 Å². The average molecular weight is 313 g/mol. The maximum Gasteiger partial charge on any atom is 0.161 e. The summed E-state index contributed by atoms with van der Waals surface area (Å²) in [5, 5.41) is 11.9. The zero-order valence-corrected chi connectivity index (χ0v) is 11.5. The molecule has 1 heterocycles. The summed E-state index contributed by atoms with van der Waals surface area (Å²) in [6.07, 6.45) is 2.16. The highest BCUT2D eigenvalue weighted by Gasteiger charge is 2.15. The van der Waals surface area contributed by atoms with E-state index in [1.165, 1.54) is 0 Å². The van der Waals surface area contributed by atoms with Gasteiger partial charge in [0.05, 0.1) is 22.3 Å². The Morgan fingerprint density at radius 1 is 1.56 bits per heavy atom. The number of ether oxygens (including phenoxy) is 1. The van der Waals surface area contributed by atoms with E-state index >= 15 is 0 Å². The molecule has 1 atom stereocenters. The third kappa shape index (κ3) is 3.01. The van der Waals surface area contributed by atoms with Crippen molar-refractivity contribution in [3.63, 3.8) is 0 Å². The molecule has 1 unspecified atom stereocenters. The largest absolute Gasteiger partial charge is 0.382 e. The second kappa shape index (κ2) is 6.17. The van der Waals surface area contributed by atoms with Gasteiger partial charge in [-0.2, -0.15) is 5.26 Å². The van der Waals surface area contributed by atoms with Crippen molar-refractivity contribution in [2.75, 3.05) is 25.1 Å². The first-order valence-corrected chi connectivity index (χ1v) is 6.71. The molecule has 18 heavy (non-hydrogen) atoms. The summed E-state index contributed by atoms with van der Waals surface area (Å²) in [7, 11) is 0. The molecule has 1 N–H and O–H groups in total. The highest BCUT2D eigenvalue weighted by Crippen LogP contribution is 2.27. The molecule has 96 valence electrons. The highest BCUT2D eigenvalue weighted by atomic mass is 79.9. The van der Waals surface area contributed by atoms with E-state index in [-0.39, 0.29) is 4.47 Å². The van der Waals surface area contributed by atoms with Crippen molar-refractivity contribution in [3.8, 4) is 6.07 Å². The van der Waals surface area contributed by atoms with E-state index in [0.29, 0.717) is 23.7 Å². The minimum atomic E-state index is -0.411. The van der Waals surface area contributed by atoms with Crippen molar-refractivity contribution in [2.24, 2.45) is 5.92 Å². The van der Waals surface area contributed by atoms with Crippen LogP contribution in [0, 0.1) is 23.1 Å². The summed E-state index contributed by atoms with van der Waals surface area (Å²) in [6.45, 7) is 2.24. The Bertz CT molecular complexity index is 467. The monoisotopic (exact) mass is 312 g/mol. The van der Waals surface area contributed by atoms with Crippen LogP contribution in [-0.4, -0.2) is 19.8 Å². The van der Waals surface area contributed by atoms with Gasteiger partial charge in [0.1, 0.15) is 6.07 Å². The lowest BCUT2D eigenvalue weighted by Crippen LogP contribution is -2.24. The van der Waals surface area contributed by atoms with Gasteiger partial charge in [-0.15, -0.1) is 0 Å². The fourth-order valence-electron chi connectivity index (χ4n) is 2.00. The minimum absolute atomic E-state index is 0.217. The van der Waals surface area contributed by atoms with Crippen molar-refractivity contribution < 1.29 is 9.13 Å². The van der Waals surface area contributed by atoms with Gasteiger partial charge in [-0.05, 0) is 46.8 Å². The molecule has 5 heteroatoms. The molecule has 0 bridgehead atoms. The van der Waals surface area contributed by atoms with Gasteiger partial charge in [0.15, 0.2) is 5.82 Å². The van der Waals surface area contributed by atoms with Crippen LogP contribution in [0.15, 0.2) is 16.6 Å². The van der Waals surface area contributed by atoms with E-state index in [1.54, 1.807) is 12.1 Å². The van der Waals surface area contributed by atoms with Gasteiger partial charge >= 0.3 is 0 Å². The van der Waals surface area contributed by atoms with E-state index in [1.807, 2.05) is 6.07 Å². The summed E-state index contributed by atoms with van der Waals surface area (Å²) in [5.74, 6) is 0.0124. The molecule has 3 nitrogen and oxygen atoms in total. The molecule has 0 amide bonds. The molecule has 1 aliphatic heterocycles. The van der Waals surface area contributed by atoms with E-state index in [0.717, 1.165) is 26.1 Å². The zero-order chi connectivity index (χ0) is 13.0. The smallest absolute Gasteiger partial charge is 0.161 e.